The van der Waals surface area contributed by atoms with Crippen molar-refractivity contribution >= 4 is 5.91 Å². The number of aryl methyl sites for hydroxylation is 1. The molecular formula is C19H19N3O3. The van der Waals surface area contributed by atoms with Gasteiger partial charge < -0.3 is 14.5 Å². The van der Waals surface area contributed by atoms with Crippen molar-refractivity contribution < 1.29 is 13.9 Å². The summed E-state index contributed by atoms with van der Waals surface area (Å²) in [7, 11) is 1.63. The highest BCUT2D eigenvalue weighted by Crippen LogP contribution is 2.18. The number of carbonyl (C=O) groups is 1. The van der Waals surface area contributed by atoms with Crippen molar-refractivity contribution in [2.24, 2.45) is 0 Å². The van der Waals surface area contributed by atoms with Crippen LogP contribution in [0.5, 0.6) is 5.75 Å². The van der Waals surface area contributed by atoms with Gasteiger partial charge in [0.15, 0.2) is 0 Å². The van der Waals surface area contributed by atoms with Gasteiger partial charge >= 0.3 is 11.8 Å². The van der Waals surface area contributed by atoms with Gasteiger partial charge in [0.1, 0.15) is 5.75 Å². The molecule has 0 aliphatic carbocycles. The summed E-state index contributed by atoms with van der Waals surface area (Å²) in [4.78, 5) is 12.1. The minimum atomic E-state index is -0.376. The fraction of sp³-hybridized carbons (Fsp3) is 0.211. The van der Waals surface area contributed by atoms with E-state index in [1.165, 1.54) is 0 Å². The van der Waals surface area contributed by atoms with E-state index in [1.807, 2.05) is 55.5 Å². The maximum atomic E-state index is 12.1. The number of hydrogen-bond acceptors (Lipinski definition) is 5. The van der Waals surface area contributed by atoms with E-state index < -0.39 is 0 Å². The number of methoxy groups -OCH3 is 1. The van der Waals surface area contributed by atoms with Crippen molar-refractivity contribution in [2.75, 3.05) is 13.7 Å². The molecule has 0 saturated carbocycles. The first-order valence-electron chi connectivity index (χ1n) is 7.97. The predicted molar refractivity (Wildman–Crippen MR) is 93.5 cm³/mol. The highest BCUT2D eigenvalue weighted by molar-refractivity contribution is 5.89. The number of carbonyl (C=O) groups excluding carboxylic acids is 1. The SMILES string of the molecule is COc1ccc(CCNC(=O)c2nnc(-c3ccc(C)cc3)o2)cc1. The smallest absolute Gasteiger partial charge is 0.308 e. The molecule has 0 fully saturated rings. The van der Waals surface area contributed by atoms with Crippen LogP contribution in [0.2, 0.25) is 0 Å². The molecule has 0 unspecified atom stereocenters. The van der Waals surface area contributed by atoms with Crippen molar-refractivity contribution in [3.05, 3.63) is 65.5 Å². The van der Waals surface area contributed by atoms with Gasteiger partial charge in [-0.25, -0.2) is 0 Å². The number of aromatic nitrogens is 2. The van der Waals surface area contributed by atoms with Crippen LogP contribution in [0.15, 0.2) is 52.9 Å². The van der Waals surface area contributed by atoms with Crippen molar-refractivity contribution in [3.8, 4) is 17.2 Å². The lowest BCUT2D eigenvalue weighted by Gasteiger charge is -2.04. The molecule has 0 aliphatic rings. The molecule has 0 saturated heterocycles. The summed E-state index contributed by atoms with van der Waals surface area (Å²) in [5, 5.41) is 10.5. The molecule has 0 aliphatic heterocycles. The number of nitrogens with one attached hydrogen (secondary N) is 1. The van der Waals surface area contributed by atoms with Crippen molar-refractivity contribution in [3.63, 3.8) is 0 Å². The second-order valence-corrected chi connectivity index (χ2v) is 5.63. The lowest BCUT2D eigenvalue weighted by molar-refractivity contribution is 0.0920. The third-order valence-corrected chi connectivity index (χ3v) is 3.78. The monoisotopic (exact) mass is 337 g/mol. The Labute approximate surface area is 145 Å². The standard InChI is InChI=1S/C19H19N3O3/c1-13-3-7-15(8-4-13)18-21-22-19(25-18)17(23)20-12-11-14-5-9-16(24-2)10-6-14/h3-10H,11-12H2,1-2H3,(H,20,23). The molecule has 2 aromatic carbocycles. The molecular weight excluding hydrogens is 318 g/mol. The van der Waals surface area contributed by atoms with E-state index in [9.17, 15) is 4.79 Å². The molecule has 1 heterocycles. The number of hydrogen-bond donors (Lipinski definition) is 1. The summed E-state index contributed by atoms with van der Waals surface area (Å²) in [5.74, 6) is 0.729. The van der Waals surface area contributed by atoms with Gasteiger partial charge in [0.05, 0.1) is 7.11 Å². The summed E-state index contributed by atoms with van der Waals surface area (Å²) >= 11 is 0. The molecule has 6 heteroatoms. The Morgan fingerprint density at radius 2 is 1.80 bits per heavy atom. The summed E-state index contributed by atoms with van der Waals surface area (Å²) in [6.07, 6.45) is 0.703. The van der Waals surface area contributed by atoms with E-state index in [-0.39, 0.29) is 11.8 Å². The highest BCUT2D eigenvalue weighted by atomic mass is 16.5. The third kappa shape index (κ3) is 4.23. The van der Waals surface area contributed by atoms with Gasteiger partial charge in [0.2, 0.25) is 5.89 Å². The van der Waals surface area contributed by atoms with Crippen molar-refractivity contribution in [2.45, 2.75) is 13.3 Å². The Balaban J connectivity index is 1.55. The summed E-state index contributed by atoms with van der Waals surface area (Å²) in [6, 6.07) is 15.4. The number of nitrogens with zero attached hydrogens (tertiary/aromatic N) is 2. The van der Waals surface area contributed by atoms with Gasteiger partial charge in [0, 0.05) is 12.1 Å². The van der Waals surface area contributed by atoms with Crippen LogP contribution in [-0.4, -0.2) is 29.8 Å². The molecule has 6 nitrogen and oxygen atoms in total. The quantitative estimate of drug-likeness (QED) is 0.748. The van der Waals surface area contributed by atoms with E-state index in [1.54, 1.807) is 7.11 Å². The Bertz CT molecular complexity index is 839. The zero-order valence-corrected chi connectivity index (χ0v) is 14.2. The first-order valence-corrected chi connectivity index (χ1v) is 7.97. The van der Waals surface area contributed by atoms with Gasteiger partial charge in [-0.3, -0.25) is 4.79 Å². The van der Waals surface area contributed by atoms with E-state index >= 15 is 0 Å². The highest BCUT2D eigenvalue weighted by Gasteiger charge is 2.15. The molecule has 1 N–H and O–H groups in total. The van der Waals surface area contributed by atoms with Crippen LogP contribution >= 0.6 is 0 Å². The largest absolute Gasteiger partial charge is 0.497 e. The molecule has 1 amide bonds. The molecule has 25 heavy (non-hydrogen) atoms. The molecule has 3 rings (SSSR count). The molecule has 0 spiro atoms. The molecule has 0 radical (unpaired) electrons. The number of rotatable bonds is 6. The predicted octanol–water partition coefficient (Wildman–Crippen LogP) is 3.03. The first kappa shape index (κ1) is 16.7. The van der Waals surface area contributed by atoms with Gasteiger partial charge in [-0.2, -0.15) is 0 Å². The van der Waals surface area contributed by atoms with Crippen molar-refractivity contribution in [1.29, 1.82) is 0 Å². The van der Waals surface area contributed by atoms with E-state index in [0.717, 1.165) is 22.4 Å². The normalized spacial score (nSPS) is 10.5. The van der Waals surface area contributed by atoms with Gasteiger partial charge in [0.25, 0.3) is 0 Å². The Morgan fingerprint density at radius 1 is 1.08 bits per heavy atom. The Hall–Kier alpha value is -3.15. The van der Waals surface area contributed by atoms with Crippen LogP contribution in [0.25, 0.3) is 11.5 Å². The van der Waals surface area contributed by atoms with Gasteiger partial charge in [-0.15, -0.1) is 10.2 Å². The number of amides is 1. The molecule has 128 valence electrons. The van der Waals surface area contributed by atoms with Crippen LogP contribution in [0.1, 0.15) is 21.8 Å². The van der Waals surface area contributed by atoms with Crippen LogP contribution in [0.3, 0.4) is 0 Å². The van der Waals surface area contributed by atoms with E-state index in [4.69, 9.17) is 9.15 Å². The zero-order chi connectivity index (χ0) is 17.6. The Kier molecular flexibility index (Phi) is 5.09. The van der Waals surface area contributed by atoms with Crippen LogP contribution in [0.4, 0.5) is 0 Å². The number of ether oxygens (including phenoxy) is 1. The minimum absolute atomic E-state index is 0.0368. The molecule has 0 atom stereocenters. The lowest BCUT2D eigenvalue weighted by atomic mass is 10.1. The first-order chi connectivity index (χ1) is 12.2. The minimum Gasteiger partial charge on any atom is -0.497 e. The average Bonchev–Trinajstić information content (AvgIpc) is 3.13. The fourth-order valence-corrected chi connectivity index (χ4v) is 2.32. The van der Waals surface area contributed by atoms with E-state index in [0.29, 0.717) is 18.9 Å². The summed E-state index contributed by atoms with van der Waals surface area (Å²) in [6.45, 7) is 2.48. The van der Waals surface area contributed by atoms with Crippen molar-refractivity contribution in [1.82, 2.24) is 15.5 Å². The summed E-state index contributed by atoms with van der Waals surface area (Å²) < 4.78 is 10.6. The molecule has 0 bridgehead atoms. The van der Waals surface area contributed by atoms with E-state index in [2.05, 4.69) is 15.5 Å². The second-order valence-electron chi connectivity index (χ2n) is 5.63. The maximum Gasteiger partial charge on any atom is 0.308 e. The average molecular weight is 337 g/mol. The maximum absolute atomic E-state index is 12.1. The van der Waals surface area contributed by atoms with Crippen LogP contribution < -0.4 is 10.1 Å². The van der Waals surface area contributed by atoms with Crippen LogP contribution in [0, 0.1) is 6.92 Å². The number of benzene rings is 2. The Morgan fingerprint density at radius 3 is 2.48 bits per heavy atom. The second kappa shape index (κ2) is 7.61. The topological polar surface area (TPSA) is 77.2 Å². The lowest BCUT2D eigenvalue weighted by Crippen LogP contribution is -2.26. The third-order valence-electron chi connectivity index (χ3n) is 3.78. The van der Waals surface area contributed by atoms with Crippen LogP contribution in [-0.2, 0) is 6.42 Å². The van der Waals surface area contributed by atoms with Gasteiger partial charge in [-0.05, 0) is 43.2 Å². The fourth-order valence-electron chi connectivity index (χ4n) is 2.32. The molecule has 3 aromatic rings. The zero-order valence-electron chi connectivity index (χ0n) is 14.2. The summed E-state index contributed by atoms with van der Waals surface area (Å²) in [5.41, 5.74) is 3.03. The van der Waals surface area contributed by atoms with Gasteiger partial charge in [-0.1, -0.05) is 29.8 Å². The molecule has 1 aromatic heterocycles.